The highest BCUT2D eigenvalue weighted by Crippen LogP contribution is 2.50. The molecule has 4 heteroatoms. The maximum absolute atomic E-state index is 7.51. The van der Waals surface area contributed by atoms with E-state index in [1.165, 1.54) is 136 Å². The van der Waals surface area contributed by atoms with E-state index in [1.807, 2.05) is 0 Å². The molecule has 0 radical (unpaired) electrons. The van der Waals surface area contributed by atoms with E-state index in [1.54, 1.807) is 0 Å². The lowest BCUT2D eigenvalue weighted by Gasteiger charge is -2.34. The third-order valence-electron chi connectivity index (χ3n) is 10.5. The maximum atomic E-state index is 7.51. The summed E-state index contributed by atoms with van der Waals surface area (Å²) in [6.07, 6.45) is 19.0. The molecule has 1 aliphatic heterocycles. The van der Waals surface area contributed by atoms with Crippen molar-refractivity contribution < 1.29 is 0 Å². The highest BCUT2D eigenvalue weighted by Gasteiger charge is 2.37. The summed E-state index contributed by atoms with van der Waals surface area (Å²) < 4.78 is 0. The Balaban J connectivity index is 2.31. The van der Waals surface area contributed by atoms with E-state index >= 15 is 0 Å². The summed E-state index contributed by atoms with van der Waals surface area (Å²) in [5.74, 6) is 2.06. The van der Waals surface area contributed by atoms with E-state index in [-0.39, 0.29) is 0 Å². The summed E-state index contributed by atoms with van der Waals surface area (Å²) in [5.41, 5.74) is 8.54. The maximum Gasteiger partial charge on any atom is 0.146 e. The van der Waals surface area contributed by atoms with Gasteiger partial charge in [-0.15, -0.1) is 0 Å². The van der Waals surface area contributed by atoms with Gasteiger partial charge in [0.05, 0.1) is 11.4 Å². The van der Waals surface area contributed by atoms with Crippen LogP contribution in [-0.2, 0) is 0 Å². The molecule has 2 aromatic rings. The first-order valence-electron chi connectivity index (χ1n) is 19.7. The van der Waals surface area contributed by atoms with Crippen molar-refractivity contribution in [3.63, 3.8) is 0 Å². The van der Waals surface area contributed by atoms with E-state index in [0.717, 1.165) is 0 Å². The predicted octanol–water partition coefficient (Wildman–Crippen LogP) is 15.3. The number of halogens is 2. The van der Waals surface area contributed by atoms with Gasteiger partial charge in [0.1, 0.15) is 17.0 Å². The number of hydrogen-bond acceptors (Lipinski definition) is 2. The monoisotopic (exact) mass is 682 g/mol. The zero-order valence-corrected chi connectivity index (χ0v) is 33.0. The smallest absolute Gasteiger partial charge is 0.146 e. The minimum Gasteiger partial charge on any atom is -0.310 e. The van der Waals surface area contributed by atoms with Crippen molar-refractivity contribution in [1.29, 1.82) is 0 Å². The van der Waals surface area contributed by atoms with E-state index in [9.17, 15) is 0 Å². The molecule has 0 aromatic heterocycles. The highest BCUT2D eigenvalue weighted by atomic mass is 35.5. The van der Waals surface area contributed by atoms with Crippen LogP contribution in [0.1, 0.15) is 204 Å². The molecule has 0 bridgehead atoms. The van der Waals surface area contributed by atoms with Crippen molar-refractivity contribution in [2.45, 2.75) is 182 Å². The fraction of sp³-hybridized carbons (Fsp3) is 0.674. The number of nitrogens with zero attached hydrogens (tertiary/aromatic N) is 2. The van der Waals surface area contributed by atoms with Gasteiger partial charge >= 0.3 is 0 Å². The van der Waals surface area contributed by atoms with Gasteiger partial charge in [-0.2, -0.15) is 0 Å². The number of anilines is 2. The first-order chi connectivity index (χ1) is 22.9. The molecule has 0 unspecified atom stereocenters. The largest absolute Gasteiger partial charge is 0.310 e. The molecular weight excluding hydrogens is 615 g/mol. The lowest BCUT2D eigenvalue weighted by atomic mass is 9.82. The molecule has 0 aliphatic carbocycles. The van der Waals surface area contributed by atoms with Crippen LogP contribution in [-0.4, -0.2) is 6.67 Å². The van der Waals surface area contributed by atoms with Gasteiger partial charge in [0.2, 0.25) is 0 Å². The van der Waals surface area contributed by atoms with Crippen LogP contribution < -0.4 is 9.80 Å². The van der Waals surface area contributed by atoms with Crippen molar-refractivity contribution in [3.05, 3.63) is 69.0 Å². The number of hydrogen-bond donors (Lipinski definition) is 0. The molecular formula is C43H68Cl2N2. The molecule has 0 spiro atoms. The predicted molar refractivity (Wildman–Crippen MR) is 212 cm³/mol. The summed E-state index contributed by atoms with van der Waals surface area (Å²) in [4.78, 5) is 4.82. The molecule has 1 aliphatic rings. The van der Waals surface area contributed by atoms with Gasteiger partial charge in [0.25, 0.3) is 0 Å². The average Bonchev–Trinajstić information content (AvgIpc) is 3.36. The van der Waals surface area contributed by atoms with Crippen LogP contribution in [0, 0.1) is 0 Å². The standard InChI is InChI=1S/C43H68Cl2N2/c1-9-19-32(20-10-2)36-27-17-28-37(33(21-11-3)22-12-4)40(36)46-31-47(43(45)42(46)44)41-38(34(23-13-5)24-14-6)29-18-30-39(41)35(25-15-7)26-16-8/h17-18,27-30,32-35H,9-16,19-26,31H2,1-8H3. The second-order valence-electron chi connectivity index (χ2n) is 14.2. The Morgan fingerprint density at radius 1 is 0.426 bits per heavy atom. The lowest BCUT2D eigenvalue weighted by Crippen LogP contribution is -2.30. The van der Waals surface area contributed by atoms with Gasteiger partial charge in [-0.1, -0.05) is 166 Å². The Kier molecular flexibility index (Phi) is 17.6. The van der Waals surface area contributed by atoms with Gasteiger partial charge in [0.15, 0.2) is 0 Å². The van der Waals surface area contributed by atoms with Gasteiger partial charge in [-0.25, -0.2) is 0 Å². The molecule has 0 N–H and O–H groups in total. The normalized spacial score (nSPS) is 13.9. The summed E-state index contributed by atoms with van der Waals surface area (Å²) in [7, 11) is 0. The number of para-hydroxylation sites is 2. The Labute approximate surface area is 300 Å². The SMILES string of the molecule is CCCC(CCC)c1cccc(C(CCC)CCC)c1N1CN(c2c(C(CCC)CCC)cccc2C(CCC)CCC)C(Cl)=C1Cl. The Morgan fingerprint density at radius 2 is 0.638 bits per heavy atom. The van der Waals surface area contributed by atoms with Gasteiger partial charge in [-0.05, 0) is 97.3 Å². The molecule has 264 valence electrons. The fourth-order valence-electron chi connectivity index (χ4n) is 8.54. The Morgan fingerprint density at radius 3 is 0.830 bits per heavy atom. The molecule has 0 fully saturated rings. The third kappa shape index (κ3) is 9.75. The quantitative estimate of drug-likeness (QED) is 0.114. The van der Waals surface area contributed by atoms with E-state index < -0.39 is 0 Å². The van der Waals surface area contributed by atoms with Crippen LogP contribution in [0.2, 0.25) is 0 Å². The van der Waals surface area contributed by atoms with E-state index in [0.29, 0.717) is 40.7 Å². The average molecular weight is 684 g/mol. The molecule has 0 amide bonds. The first-order valence-corrected chi connectivity index (χ1v) is 20.5. The summed E-state index contributed by atoms with van der Waals surface area (Å²) >= 11 is 15.0. The van der Waals surface area contributed by atoms with Crippen LogP contribution in [0.25, 0.3) is 0 Å². The molecule has 2 aromatic carbocycles. The highest BCUT2D eigenvalue weighted by molar-refractivity contribution is 6.42. The van der Waals surface area contributed by atoms with Crippen LogP contribution in [0.4, 0.5) is 11.4 Å². The first kappa shape index (κ1) is 39.8. The van der Waals surface area contributed by atoms with Crippen molar-refractivity contribution in [2.75, 3.05) is 16.5 Å². The number of benzene rings is 2. The molecule has 1 heterocycles. The molecule has 0 saturated carbocycles. The molecule has 0 atom stereocenters. The molecule has 3 rings (SSSR count). The van der Waals surface area contributed by atoms with Crippen LogP contribution in [0.5, 0.6) is 0 Å². The second kappa shape index (κ2) is 20.8. The summed E-state index contributed by atoms with van der Waals surface area (Å²) in [6, 6.07) is 14.3. The van der Waals surface area contributed by atoms with Crippen LogP contribution >= 0.6 is 23.2 Å². The van der Waals surface area contributed by atoms with Gasteiger partial charge in [0, 0.05) is 0 Å². The zero-order chi connectivity index (χ0) is 34.3. The molecule has 0 saturated heterocycles. The van der Waals surface area contributed by atoms with Crippen LogP contribution in [0.3, 0.4) is 0 Å². The summed E-state index contributed by atoms with van der Waals surface area (Å²) in [6.45, 7) is 19.3. The van der Waals surface area contributed by atoms with Crippen LogP contribution in [0.15, 0.2) is 46.7 Å². The Bertz CT molecular complexity index is 1050. The number of rotatable bonds is 22. The minimum atomic E-state index is 0.515. The van der Waals surface area contributed by atoms with E-state index in [4.69, 9.17) is 23.2 Å². The van der Waals surface area contributed by atoms with Crippen molar-refractivity contribution in [1.82, 2.24) is 0 Å². The minimum absolute atomic E-state index is 0.515. The fourth-order valence-corrected chi connectivity index (χ4v) is 9.02. The lowest BCUT2D eigenvalue weighted by molar-refractivity contribution is 0.545. The Hall–Kier alpha value is -1.64. The van der Waals surface area contributed by atoms with Gasteiger partial charge in [-0.3, -0.25) is 0 Å². The second-order valence-corrected chi connectivity index (χ2v) is 15.0. The third-order valence-corrected chi connectivity index (χ3v) is 11.4. The topological polar surface area (TPSA) is 6.48 Å². The zero-order valence-electron chi connectivity index (χ0n) is 31.4. The molecule has 47 heavy (non-hydrogen) atoms. The van der Waals surface area contributed by atoms with Gasteiger partial charge < -0.3 is 9.80 Å². The van der Waals surface area contributed by atoms with E-state index in [2.05, 4.69) is 102 Å². The molecule has 2 nitrogen and oxygen atoms in total. The van der Waals surface area contributed by atoms with Crippen molar-refractivity contribution in [3.8, 4) is 0 Å². The van der Waals surface area contributed by atoms with Crippen molar-refractivity contribution >= 4 is 34.6 Å². The summed E-state index contributed by atoms with van der Waals surface area (Å²) in [5, 5.41) is 1.37. The van der Waals surface area contributed by atoms with Crippen molar-refractivity contribution in [2.24, 2.45) is 0 Å².